The maximum atomic E-state index is 6.19. The summed E-state index contributed by atoms with van der Waals surface area (Å²) in [5.41, 5.74) is 1.12. The van der Waals surface area contributed by atoms with E-state index in [-0.39, 0.29) is 0 Å². The number of hydrogen-bond donors (Lipinski definition) is 0. The van der Waals surface area contributed by atoms with Crippen molar-refractivity contribution in [2.75, 3.05) is 18.1 Å². The first-order valence-electron chi connectivity index (χ1n) is 7.27. The van der Waals surface area contributed by atoms with Crippen molar-refractivity contribution in [3.05, 3.63) is 17.3 Å². The molecule has 4 nitrogen and oxygen atoms in total. The summed E-state index contributed by atoms with van der Waals surface area (Å²) >= 11 is 7.86. The number of nitrogens with zero attached hydrogens (tertiary/aromatic N) is 3. The van der Waals surface area contributed by atoms with Crippen LogP contribution in [0.2, 0.25) is 0 Å². The van der Waals surface area contributed by atoms with Crippen LogP contribution in [0, 0.1) is 0 Å². The number of halogens is 1. The van der Waals surface area contributed by atoms with Gasteiger partial charge < -0.3 is 9.64 Å². The monoisotopic (exact) mass is 311 g/mol. The minimum atomic E-state index is 0.375. The summed E-state index contributed by atoms with van der Waals surface area (Å²) in [4.78, 5) is 8.31. The molecule has 0 spiro atoms. The van der Waals surface area contributed by atoms with Crippen LogP contribution in [0.25, 0.3) is 4.96 Å². The Labute approximate surface area is 127 Å². The normalized spacial score (nSPS) is 26.9. The van der Waals surface area contributed by atoms with E-state index >= 15 is 0 Å². The second-order valence-corrected chi connectivity index (χ2v) is 6.67. The maximum Gasteiger partial charge on any atom is 0.195 e. The van der Waals surface area contributed by atoms with Crippen molar-refractivity contribution >= 4 is 33.7 Å². The van der Waals surface area contributed by atoms with E-state index in [0.717, 1.165) is 29.6 Å². The number of fused-ring (bicyclic) bond motifs is 2. The van der Waals surface area contributed by atoms with Crippen molar-refractivity contribution in [2.24, 2.45) is 0 Å². The third-order valence-electron chi connectivity index (χ3n) is 4.47. The minimum absolute atomic E-state index is 0.375. The highest BCUT2D eigenvalue weighted by Gasteiger charge is 2.36. The van der Waals surface area contributed by atoms with Gasteiger partial charge in [-0.2, -0.15) is 0 Å². The van der Waals surface area contributed by atoms with Gasteiger partial charge in [-0.15, -0.1) is 22.9 Å². The Balaban J connectivity index is 1.74. The first-order chi connectivity index (χ1) is 9.88. The van der Waals surface area contributed by atoms with Crippen molar-refractivity contribution in [1.29, 1.82) is 0 Å². The molecule has 20 heavy (non-hydrogen) atoms. The lowest BCUT2D eigenvalue weighted by Crippen LogP contribution is -2.53. The lowest BCUT2D eigenvalue weighted by molar-refractivity contribution is -0.00900. The van der Waals surface area contributed by atoms with E-state index < -0.39 is 0 Å². The summed E-state index contributed by atoms with van der Waals surface area (Å²) in [6, 6.07) is 0.476. The van der Waals surface area contributed by atoms with Crippen LogP contribution in [-0.2, 0) is 10.6 Å². The first kappa shape index (κ1) is 12.9. The fourth-order valence-electron chi connectivity index (χ4n) is 3.53. The molecule has 1 aliphatic carbocycles. The van der Waals surface area contributed by atoms with E-state index in [1.807, 2.05) is 0 Å². The zero-order valence-electron chi connectivity index (χ0n) is 11.3. The van der Waals surface area contributed by atoms with Crippen LogP contribution < -0.4 is 4.90 Å². The predicted molar refractivity (Wildman–Crippen MR) is 82.0 cm³/mol. The Bertz CT molecular complexity index is 609. The number of alkyl halides is 1. The largest absolute Gasteiger partial charge is 0.374 e. The van der Waals surface area contributed by atoms with Crippen molar-refractivity contribution in [2.45, 2.75) is 43.7 Å². The first-order valence-corrected chi connectivity index (χ1v) is 8.68. The summed E-state index contributed by atoms with van der Waals surface area (Å²) in [7, 11) is 0. The Morgan fingerprint density at radius 1 is 1.40 bits per heavy atom. The van der Waals surface area contributed by atoms with E-state index in [4.69, 9.17) is 21.3 Å². The van der Waals surface area contributed by atoms with Gasteiger partial charge >= 0.3 is 0 Å². The van der Waals surface area contributed by atoms with Gasteiger partial charge in [0.25, 0.3) is 0 Å². The number of morpholine rings is 1. The van der Waals surface area contributed by atoms with E-state index in [1.165, 1.54) is 25.7 Å². The third-order valence-corrected chi connectivity index (χ3v) is 5.48. The van der Waals surface area contributed by atoms with Gasteiger partial charge in [0.15, 0.2) is 10.8 Å². The fourth-order valence-corrected chi connectivity index (χ4v) is 4.51. The Kier molecular flexibility index (Phi) is 3.36. The number of thiazole rings is 1. The molecule has 3 heterocycles. The summed E-state index contributed by atoms with van der Waals surface area (Å²) in [6.07, 6.45) is 7.40. The molecule has 1 aliphatic heterocycles. The lowest BCUT2D eigenvalue weighted by Gasteiger charge is -2.44. The van der Waals surface area contributed by atoms with Gasteiger partial charge in [-0.25, -0.2) is 4.98 Å². The summed E-state index contributed by atoms with van der Waals surface area (Å²) in [5, 5.41) is 2.06. The van der Waals surface area contributed by atoms with Crippen molar-refractivity contribution in [1.82, 2.24) is 9.38 Å². The van der Waals surface area contributed by atoms with Gasteiger partial charge in [-0.1, -0.05) is 12.8 Å². The molecule has 2 atom stereocenters. The molecule has 0 N–H and O–H groups in total. The smallest absolute Gasteiger partial charge is 0.195 e. The Hall–Kier alpha value is -0.780. The molecule has 1 saturated carbocycles. The highest BCUT2D eigenvalue weighted by Crippen LogP contribution is 2.34. The van der Waals surface area contributed by atoms with E-state index in [0.29, 0.717) is 18.0 Å². The number of anilines is 1. The summed E-state index contributed by atoms with van der Waals surface area (Å²) in [5.74, 6) is 1.58. The van der Waals surface area contributed by atoms with Gasteiger partial charge in [-0.05, 0) is 12.8 Å². The molecule has 2 aromatic rings. The molecule has 2 unspecified atom stereocenters. The number of imidazole rings is 1. The molecule has 1 saturated heterocycles. The van der Waals surface area contributed by atoms with Crippen LogP contribution in [0.4, 0.5) is 5.82 Å². The highest BCUT2D eigenvalue weighted by molar-refractivity contribution is 7.15. The molecular formula is C14H18ClN3OS. The molecule has 0 aromatic carbocycles. The fraction of sp³-hybridized carbons (Fsp3) is 0.643. The van der Waals surface area contributed by atoms with E-state index in [1.54, 1.807) is 11.3 Å². The van der Waals surface area contributed by atoms with Gasteiger partial charge in [-0.3, -0.25) is 4.40 Å². The molecule has 2 aliphatic rings. The Morgan fingerprint density at radius 3 is 3.20 bits per heavy atom. The van der Waals surface area contributed by atoms with Gasteiger partial charge in [0.1, 0.15) is 0 Å². The van der Waals surface area contributed by atoms with Crippen LogP contribution in [0.15, 0.2) is 11.6 Å². The summed E-state index contributed by atoms with van der Waals surface area (Å²) in [6.45, 7) is 1.73. The SMILES string of the molecule is ClCc1c(N2CCOC3CCCCC32)nc2sccn12. The van der Waals surface area contributed by atoms with Crippen LogP contribution >= 0.6 is 22.9 Å². The molecule has 0 amide bonds. The van der Waals surface area contributed by atoms with Crippen LogP contribution in [0.3, 0.4) is 0 Å². The quantitative estimate of drug-likeness (QED) is 0.797. The molecule has 0 bridgehead atoms. The molecule has 108 valence electrons. The molecule has 4 rings (SSSR count). The van der Waals surface area contributed by atoms with Gasteiger partial charge in [0, 0.05) is 18.1 Å². The second kappa shape index (κ2) is 5.20. The number of hydrogen-bond acceptors (Lipinski definition) is 4. The van der Waals surface area contributed by atoms with Crippen molar-refractivity contribution in [3.8, 4) is 0 Å². The molecule has 2 aromatic heterocycles. The molecule has 2 fully saturated rings. The molecule has 0 radical (unpaired) electrons. The van der Waals surface area contributed by atoms with Gasteiger partial charge in [0.05, 0.1) is 30.3 Å². The maximum absolute atomic E-state index is 6.19. The van der Waals surface area contributed by atoms with Gasteiger partial charge in [0.2, 0.25) is 0 Å². The highest BCUT2D eigenvalue weighted by atomic mass is 35.5. The topological polar surface area (TPSA) is 29.8 Å². The number of ether oxygens (including phenoxy) is 1. The second-order valence-electron chi connectivity index (χ2n) is 5.53. The summed E-state index contributed by atoms with van der Waals surface area (Å²) < 4.78 is 8.08. The van der Waals surface area contributed by atoms with E-state index in [9.17, 15) is 0 Å². The zero-order chi connectivity index (χ0) is 13.5. The van der Waals surface area contributed by atoms with Crippen molar-refractivity contribution in [3.63, 3.8) is 0 Å². The van der Waals surface area contributed by atoms with E-state index in [2.05, 4.69) is 20.9 Å². The Morgan fingerprint density at radius 2 is 2.30 bits per heavy atom. The number of aromatic nitrogens is 2. The standard InChI is InChI=1S/C14H18ClN3OS/c15-9-11-13(16-14-18(11)6-8-20-14)17-5-7-19-12-4-2-1-3-10(12)17/h6,8,10,12H,1-5,7,9H2. The lowest BCUT2D eigenvalue weighted by atomic mass is 9.90. The van der Waals surface area contributed by atoms with Crippen LogP contribution in [0.5, 0.6) is 0 Å². The van der Waals surface area contributed by atoms with Crippen LogP contribution in [-0.4, -0.2) is 34.7 Å². The zero-order valence-corrected chi connectivity index (χ0v) is 12.9. The molecular weight excluding hydrogens is 294 g/mol. The van der Waals surface area contributed by atoms with Crippen LogP contribution in [0.1, 0.15) is 31.4 Å². The third kappa shape index (κ3) is 1.95. The molecule has 6 heteroatoms. The predicted octanol–water partition coefficient (Wildman–Crippen LogP) is 3.28. The average molecular weight is 312 g/mol. The van der Waals surface area contributed by atoms with Crippen molar-refractivity contribution < 1.29 is 4.74 Å². The average Bonchev–Trinajstić information content (AvgIpc) is 3.06. The number of rotatable bonds is 2. The minimum Gasteiger partial charge on any atom is -0.374 e.